The Hall–Kier alpha value is -3.20. The first kappa shape index (κ1) is 16.9. The van der Waals surface area contributed by atoms with Crippen LogP contribution in [0, 0.1) is 0 Å². The van der Waals surface area contributed by atoms with E-state index in [4.69, 9.17) is 9.47 Å². The molecule has 28 heavy (non-hydrogen) atoms. The first-order chi connectivity index (χ1) is 13.6. The quantitative estimate of drug-likeness (QED) is 0.559. The summed E-state index contributed by atoms with van der Waals surface area (Å²) in [5, 5.41) is 0. The number of anilines is 2. The molecule has 3 nitrogen and oxygen atoms in total. The fourth-order valence-corrected chi connectivity index (χ4v) is 4.49. The Morgan fingerprint density at radius 1 is 0.893 bits per heavy atom. The largest absolute Gasteiger partial charge is 0.497 e. The summed E-state index contributed by atoms with van der Waals surface area (Å²) in [6.07, 6.45) is 4.35. The van der Waals surface area contributed by atoms with Gasteiger partial charge in [0.25, 0.3) is 0 Å². The lowest BCUT2D eigenvalue weighted by Crippen LogP contribution is -2.57. The summed E-state index contributed by atoms with van der Waals surface area (Å²) in [6.45, 7) is 4.52. The Morgan fingerprint density at radius 2 is 1.64 bits per heavy atom. The van der Waals surface area contributed by atoms with E-state index in [0.717, 1.165) is 22.7 Å². The molecule has 3 heteroatoms. The lowest BCUT2D eigenvalue weighted by molar-refractivity contribution is 0.0629. The van der Waals surface area contributed by atoms with Gasteiger partial charge in [0.05, 0.1) is 12.5 Å². The Morgan fingerprint density at radius 3 is 2.43 bits per heavy atom. The van der Waals surface area contributed by atoms with Crippen molar-refractivity contribution in [3.8, 4) is 11.5 Å². The Bertz CT molecular complexity index is 1070. The zero-order valence-corrected chi connectivity index (χ0v) is 16.3. The number of hydrogen-bond acceptors (Lipinski definition) is 3. The van der Waals surface area contributed by atoms with Crippen LogP contribution in [0.15, 0.2) is 78.9 Å². The van der Waals surface area contributed by atoms with Gasteiger partial charge in [0.1, 0.15) is 11.5 Å². The molecular weight excluding hydrogens is 346 g/mol. The van der Waals surface area contributed by atoms with Crippen molar-refractivity contribution < 1.29 is 9.47 Å². The molecule has 0 bridgehead atoms. The smallest absolute Gasteiger partial charge is 0.216 e. The second kappa shape index (κ2) is 5.90. The van der Waals surface area contributed by atoms with Crippen molar-refractivity contribution in [3.63, 3.8) is 0 Å². The minimum absolute atomic E-state index is 0.256. The number of para-hydroxylation sites is 2. The zero-order valence-electron chi connectivity index (χ0n) is 16.3. The van der Waals surface area contributed by atoms with E-state index >= 15 is 0 Å². The summed E-state index contributed by atoms with van der Waals surface area (Å²) < 4.78 is 12.2. The summed E-state index contributed by atoms with van der Waals surface area (Å²) in [5.74, 6) is 1.70. The summed E-state index contributed by atoms with van der Waals surface area (Å²) >= 11 is 0. The first-order valence-electron chi connectivity index (χ1n) is 9.58. The minimum Gasteiger partial charge on any atom is -0.497 e. The molecule has 1 spiro atoms. The highest BCUT2D eigenvalue weighted by Gasteiger charge is 2.59. The summed E-state index contributed by atoms with van der Waals surface area (Å²) in [6, 6.07) is 25.0. The standard InChI is InChI=1S/C25H23NO2/c1-24(2)21-11-7-8-12-22(21)26(19-9-5-4-6-10-19)25(24)16-15-18-17-20(27-3)13-14-23(18)28-25/h4-17H,1-3H3/t25-/m1/s1. The summed E-state index contributed by atoms with van der Waals surface area (Å²) in [7, 11) is 1.68. The highest BCUT2D eigenvalue weighted by molar-refractivity contribution is 5.79. The van der Waals surface area contributed by atoms with Gasteiger partial charge in [0.15, 0.2) is 0 Å². The van der Waals surface area contributed by atoms with Gasteiger partial charge < -0.3 is 9.47 Å². The lowest BCUT2D eigenvalue weighted by Gasteiger charge is -2.47. The lowest BCUT2D eigenvalue weighted by atomic mass is 9.76. The fourth-order valence-electron chi connectivity index (χ4n) is 4.49. The Kier molecular flexibility index (Phi) is 3.57. The van der Waals surface area contributed by atoms with Crippen LogP contribution in [0.3, 0.4) is 0 Å². The molecule has 0 N–H and O–H groups in total. The van der Waals surface area contributed by atoms with E-state index in [9.17, 15) is 0 Å². The third kappa shape index (κ3) is 2.16. The molecule has 3 aromatic carbocycles. The summed E-state index contributed by atoms with van der Waals surface area (Å²) in [5.41, 5.74) is 3.69. The molecule has 0 unspecified atom stereocenters. The number of methoxy groups -OCH3 is 1. The van der Waals surface area contributed by atoms with Gasteiger partial charge >= 0.3 is 0 Å². The molecule has 1 atom stereocenters. The van der Waals surface area contributed by atoms with Crippen LogP contribution in [0.2, 0.25) is 0 Å². The fraction of sp³-hybridized carbons (Fsp3) is 0.200. The van der Waals surface area contributed by atoms with E-state index in [-0.39, 0.29) is 5.41 Å². The van der Waals surface area contributed by atoms with E-state index in [1.165, 1.54) is 11.3 Å². The van der Waals surface area contributed by atoms with Gasteiger partial charge in [-0.2, -0.15) is 0 Å². The van der Waals surface area contributed by atoms with Crippen LogP contribution in [0.1, 0.15) is 25.0 Å². The number of nitrogens with zero attached hydrogens (tertiary/aromatic N) is 1. The van der Waals surface area contributed by atoms with Crippen molar-refractivity contribution in [3.05, 3.63) is 90.0 Å². The van der Waals surface area contributed by atoms with Gasteiger partial charge in [-0.1, -0.05) is 36.4 Å². The number of benzene rings is 3. The predicted octanol–water partition coefficient (Wildman–Crippen LogP) is 5.93. The van der Waals surface area contributed by atoms with Crippen LogP contribution in [-0.4, -0.2) is 12.8 Å². The first-order valence-corrected chi connectivity index (χ1v) is 9.58. The molecule has 2 aliphatic rings. The number of rotatable bonds is 2. The van der Waals surface area contributed by atoms with Gasteiger partial charge in [-0.25, -0.2) is 0 Å². The van der Waals surface area contributed by atoms with Crippen LogP contribution in [0.5, 0.6) is 11.5 Å². The molecule has 3 aromatic rings. The van der Waals surface area contributed by atoms with Crippen LogP contribution in [-0.2, 0) is 5.41 Å². The van der Waals surface area contributed by atoms with E-state index in [1.54, 1.807) is 7.11 Å². The maximum Gasteiger partial charge on any atom is 0.216 e. The SMILES string of the molecule is COc1ccc2c(c1)C=C[C@]1(O2)N(c2ccccc2)c2ccccc2C1(C)C. The van der Waals surface area contributed by atoms with Gasteiger partial charge in [0.2, 0.25) is 5.72 Å². The molecule has 140 valence electrons. The highest BCUT2D eigenvalue weighted by atomic mass is 16.5. The van der Waals surface area contributed by atoms with E-state index in [2.05, 4.69) is 79.4 Å². The monoisotopic (exact) mass is 369 g/mol. The molecular formula is C25H23NO2. The summed E-state index contributed by atoms with van der Waals surface area (Å²) in [4.78, 5) is 2.33. The topological polar surface area (TPSA) is 21.7 Å². The molecule has 0 aliphatic carbocycles. The molecule has 2 heterocycles. The predicted molar refractivity (Wildman–Crippen MR) is 113 cm³/mol. The van der Waals surface area contributed by atoms with Crippen LogP contribution < -0.4 is 14.4 Å². The molecule has 0 amide bonds. The Balaban J connectivity index is 1.74. The molecule has 0 fully saturated rings. The van der Waals surface area contributed by atoms with Crippen LogP contribution in [0.4, 0.5) is 11.4 Å². The van der Waals surface area contributed by atoms with Gasteiger partial charge in [-0.05, 0) is 68.0 Å². The normalized spacial score (nSPS) is 21.2. The number of hydrogen-bond donors (Lipinski definition) is 0. The van der Waals surface area contributed by atoms with E-state index in [0.29, 0.717) is 0 Å². The van der Waals surface area contributed by atoms with Crippen LogP contribution >= 0.6 is 0 Å². The van der Waals surface area contributed by atoms with E-state index < -0.39 is 5.72 Å². The maximum absolute atomic E-state index is 6.83. The van der Waals surface area contributed by atoms with Gasteiger partial charge in [0, 0.05) is 16.9 Å². The van der Waals surface area contributed by atoms with Crippen molar-refractivity contribution in [1.29, 1.82) is 0 Å². The van der Waals surface area contributed by atoms with Crippen molar-refractivity contribution >= 4 is 17.5 Å². The average Bonchev–Trinajstić information content (AvgIpc) is 2.92. The number of fused-ring (bicyclic) bond motifs is 2. The molecule has 0 saturated carbocycles. The second-order valence-electron chi connectivity index (χ2n) is 7.85. The molecule has 2 aliphatic heterocycles. The highest BCUT2D eigenvalue weighted by Crippen LogP contribution is 2.57. The van der Waals surface area contributed by atoms with Crippen molar-refractivity contribution in [1.82, 2.24) is 0 Å². The molecule has 0 radical (unpaired) electrons. The van der Waals surface area contributed by atoms with Crippen molar-refractivity contribution in [2.45, 2.75) is 25.0 Å². The minimum atomic E-state index is -0.653. The van der Waals surface area contributed by atoms with Crippen molar-refractivity contribution in [2.75, 3.05) is 12.0 Å². The van der Waals surface area contributed by atoms with E-state index in [1.807, 2.05) is 24.3 Å². The maximum atomic E-state index is 6.83. The van der Waals surface area contributed by atoms with Gasteiger partial charge in [-0.3, -0.25) is 4.90 Å². The Labute approximate surface area is 165 Å². The van der Waals surface area contributed by atoms with Crippen molar-refractivity contribution in [2.24, 2.45) is 0 Å². The van der Waals surface area contributed by atoms with Crippen LogP contribution in [0.25, 0.3) is 6.08 Å². The molecule has 5 rings (SSSR count). The third-order valence-electron chi connectivity index (χ3n) is 6.03. The second-order valence-corrected chi connectivity index (χ2v) is 7.85. The number of ether oxygens (including phenoxy) is 2. The molecule has 0 saturated heterocycles. The molecule has 0 aromatic heterocycles. The van der Waals surface area contributed by atoms with Gasteiger partial charge in [-0.15, -0.1) is 0 Å². The zero-order chi connectivity index (χ0) is 19.4. The average molecular weight is 369 g/mol. The third-order valence-corrected chi connectivity index (χ3v) is 6.03.